The fourth-order valence-corrected chi connectivity index (χ4v) is 7.59. The second-order valence-electron chi connectivity index (χ2n) is 8.03. The molecular formula is C19H29N3O5S2. The Kier molecular flexibility index (Phi) is 6.29. The summed E-state index contributed by atoms with van der Waals surface area (Å²) in [4.78, 5) is 4.94. The zero-order chi connectivity index (χ0) is 20.5. The highest BCUT2D eigenvalue weighted by Crippen LogP contribution is 2.22. The van der Waals surface area contributed by atoms with Gasteiger partial charge in [0.25, 0.3) is 0 Å². The van der Waals surface area contributed by atoms with Crippen LogP contribution in [0.25, 0.3) is 0 Å². The first-order valence-corrected chi connectivity index (χ1v) is 13.4. The van der Waals surface area contributed by atoms with Gasteiger partial charge in [-0.25, -0.2) is 16.8 Å². The summed E-state index contributed by atoms with van der Waals surface area (Å²) in [5.41, 5.74) is 0.983. The monoisotopic (exact) mass is 443 g/mol. The van der Waals surface area contributed by atoms with Crippen molar-refractivity contribution in [3.8, 4) is 0 Å². The maximum absolute atomic E-state index is 12.9. The normalized spacial score (nSPS) is 27.2. The van der Waals surface area contributed by atoms with Crippen LogP contribution in [0, 0.1) is 0 Å². The first kappa shape index (κ1) is 21.2. The maximum Gasteiger partial charge on any atom is 0.243 e. The molecule has 0 amide bonds. The van der Waals surface area contributed by atoms with Gasteiger partial charge < -0.3 is 4.74 Å². The van der Waals surface area contributed by atoms with E-state index in [1.807, 2.05) is 12.1 Å². The average Bonchev–Trinajstić information content (AvgIpc) is 3.09. The third kappa shape index (κ3) is 5.00. The minimum absolute atomic E-state index is 0.157. The van der Waals surface area contributed by atoms with E-state index < -0.39 is 19.9 Å². The second kappa shape index (κ2) is 8.60. The second-order valence-corrected chi connectivity index (χ2v) is 12.2. The van der Waals surface area contributed by atoms with Crippen molar-refractivity contribution < 1.29 is 21.6 Å². The molecule has 1 atom stereocenters. The van der Waals surface area contributed by atoms with E-state index in [0.29, 0.717) is 43.5 Å². The molecule has 0 saturated carbocycles. The van der Waals surface area contributed by atoms with E-state index in [2.05, 4.69) is 9.80 Å². The Morgan fingerprint density at radius 1 is 1.03 bits per heavy atom. The molecule has 0 spiro atoms. The van der Waals surface area contributed by atoms with Crippen LogP contribution in [0.5, 0.6) is 0 Å². The van der Waals surface area contributed by atoms with Crippen LogP contribution < -0.4 is 0 Å². The van der Waals surface area contributed by atoms with Crippen LogP contribution in [-0.4, -0.2) is 101 Å². The maximum atomic E-state index is 12.9. The van der Waals surface area contributed by atoms with Crippen LogP contribution in [0.2, 0.25) is 0 Å². The Labute approximate surface area is 173 Å². The molecule has 8 nitrogen and oxygen atoms in total. The summed E-state index contributed by atoms with van der Waals surface area (Å²) in [6, 6.07) is 7.37. The van der Waals surface area contributed by atoms with Gasteiger partial charge >= 0.3 is 0 Å². The molecule has 1 aromatic carbocycles. The minimum atomic E-state index is -3.49. The van der Waals surface area contributed by atoms with Crippen LogP contribution >= 0.6 is 0 Å². The van der Waals surface area contributed by atoms with Gasteiger partial charge in [0.2, 0.25) is 10.0 Å². The van der Waals surface area contributed by atoms with Gasteiger partial charge in [0.1, 0.15) is 0 Å². The molecule has 0 aliphatic carbocycles. The van der Waals surface area contributed by atoms with Crippen LogP contribution in [0.4, 0.5) is 0 Å². The van der Waals surface area contributed by atoms with E-state index in [1.165, 1.54) is 4.31 Å². The van der Waals surface area contributed by atoms with Crippen molar-refractivity contribution in [2.24, 2.45) is 0 Å². The largest absolute Gasteiger partial charge is 0.379 e. The van der Waals surface area contributed by atoms with Crippen LogP contribution in [0.15, 0.2) is 29.2 Å². The molecule has 0 N–H and O–H groups in total. The van der Waals surface area contributed by atoms with Crippen LogP contribution in [-0.2, 0) is 31.1 Å². The molecule has 0 unspecified atom stereocenters. The number of sulfone groups is 1. The van der Waals surface area contributed by atoms with Crippen molar-refractivity contribution >= 4 is 19.9 Å². The highest BCUT2D eigenvalue weighted by molar-refractivity contribution is 7.91. The molecule has 10 heteroatoms. The number of hydrogen-bond donors (Lipinski definition) is 0. The van der Waals surface area contributed by atoms with Gasteiger partial charge in [-0.15, -0.1) is 0 Å². The quantitative estimate of drug-likeness (QED) is 0.634. The third-order valence-corrected chi connectivity index (χ3v) is 9.69. The summed E-state index contributed by atoms with van der Waals surface area (Å²) in [6.45, 7) is 5.78. The minimum Gasteiger partial charge on any atom is -0.379 e. The topological polar surface area (TPSA) is 87.2 Å². The Hall–Kier alpha value is -1.04. The van der Waals surface area contributed by atoms with E-state index in [4.69, 9.17) is 4.74 Å². The van der Waals surface area contributed by atoms with E-state index in [-0.39, 0.29) is 11.8 Å². The molecule has 1 aromatic rings. The Morgan fingerprint density at radius 3 is 2.41 bits per heavy atom. The fourth-order valence-electron chi connectivity index (χ4n) is 4.35. The van der Waals surface area contributed by atoms with Crippen molar-refractivity contribution in [1.82, 2.24) is 14.1 Å². The molecule has 3 fully saturated rings. The van der Waals surface area contributed by atoms with Crippen molar-refractivity contribution in [3.63, 3.8) is 0 Å². The lowest BCUT2D eigenvalue weighted by molar-refractivity contribution is 0.0730. The summed E-state index contributed by atoms with van der Waals surface area (Å²) < 4.78 is 55.9. The number of benzene rings is 1. The SMILES string of the molecule is O=S1(=O)CC[C@H](N2CCN(Cc3cccc(S(=O)(=O)N4CCOCC4)c3)CC2)C1. The van der Waals surface area contributed by atoms with E-state index >= 15 is 0 Å². The van der Waals surface area contributed by atoms with Gasteiger partial charge in [-0.2, -0.15) is 4.31 Å². The van der Waals surface area contributed by atoms with Crippen LogP contribution in [0.1, 0.15) is 12.0 Å². The lowest BCUT2D eigenvalue weighted by Gasteiger charge is -2.37. The standard InChI is InChI=1S/C19H29N3O5S2/c23-28(24)13-4-18(16-28)21-7-5-20(6-8-21)15-17-2-1-3-19(14-17)29(25,26)22-9-11-27-12-10-22/h1-3,14,18H,4-13,15-16H2/t18-/m0/s1. The zero-order valence-corrected chi connectivity index (χ0v) is 18.2. The average molecular weight is 444 g/mol. The van der Waals surface area contributed by atoms with E-state index in [9.17, 15) is 16.8 Å². The number of rotatable bonds is 5. The van der Waals surface area contributed by atoms with E-state index in [0.717, 1.165) is 38.2 Å². The fraction of sp³-hybridized carbons (Fsp3) is 0.684. The van der Waals surface area contributed by atoms with Crippen molar-refractivity contribution in [2.75, 3.05) is 64.0 Å². The molecule has 29 heavy (non-hydrogen) atoms. The molecule has 0 aromatic heterocycles. The van der Waals surface area contributed by atoms with E-state index in [1.54, 1.807) is 12.1 Å². The number of morpholine rings is 1. The first-order chi connectivity index (χ1) is 13.8. The van der Waals surface area contributed by atoms with Gasteiger partial charge in [0, 0.05) is 51.9 Å². The molecule has 4 rings (SSSR count). The van der Waals surface area contributed by atoms with Gasteiger partial charge in [-0.3, -0.25) is 9.80 Å². The number of hydrogen-bond acceptors (Lipinski definition) is 7. The highest BCUT2D eigenvalue weighted by atomic mass is 32.2. The number of piperazine rings is 1. The number of ether oxygens (including phenoxy) is 1. The molecule has 3 aliphatic heterocycles. The molecule has 3 heterocycles. The Balaban J connectivity index is 1.35. The molecule has 162 valence electrons. The lowest BCUT2D eigenvalue weighted by Crippen LogP contribution is -2.50. The summed E-state index contributed by atoms with van der Waals surface area (Å²) in [5.74, 6) is 0.594. The third-order valence-electron chi connectivity index (χ3n) is 6.04. The summed E-state index contributed by atoms with van der Waals surface area (Å²) in [6.07, 6.45) is 0.740. The molecule has 0 bridgehead atoms. The predicted octanol–water partition coefficient (Wildman–Crippen LogP) is 0.0122. The van der Waals surface area contributed by atoms with Gasteiger partial charge in [0.15, 0.2) is 9.84 Å². The summed E-state index contributed by atoms with van der Waals surface area (Å²) >= 11 is 0. The highest BCUT2D eigenvalue weighted by Gasteiger charge is 2.33. The number of nitrogens with zero attached hydrogens (tertiary/aromatic N) is 3. The summed E-state index contributed by atoms with van der Waals surface area (Å²) in [7, 11) is -6.35. The lowest BCUT2D eigenvalue weighted by atomic mass is 10.1. The molecule has 3 saturated heterocycles. The Bertz CT molecular complexity index is 921. The van der Waals surface area contributed by atoms with Crippen molar-refractivity contribution in [2.45, 2.75) is 23.9 Å². The number of sulfonamides is 1. The zero-order valence-electron chi connectivity index (χ0n) is 16.6. The molecular weight excluding hydrogens is 414 g/mol. The molecule has 0 radical (unpaired) electrons. The van der Waals surface area contributed by atoms with Gasteiger partial charge in [-0.1, -0.05) is 12.1 Å². The van der Waals surface area contributed by atoms with Crippen LogP contribution in [0.3, 0.4) is 0 Å². The van der Waals surface area contributed by atoms with Gasteiger partial charge in [0.05, 0.1) is 29.6 Å². The molecule has 3 aliphatic rings. The smallest absolute Gasteiger partial charge is 0.243 e. The predicted molar refractivity (Wildman–Crippen MR) is 110 cm³/mol. The van der Waals surface area contributed by atoms with Crippen molar-refractivity contribution in [1.29, 1.82) is 0 Å². The first-order valence-electron chi connectivity index (χ1n) is 10.2. The summed E-state index contributed by atoms with van der Waals surface area (Å²) in [5, 5.41) is 0. The van der Waals surface area contributed by atoms with Gasteiger partial charge in [-0.05, 0) is 24.1 Å². The Morgan fingerprint density at radius 2 is 1.76 bits per heavy atom. The van der Waals surface area contributed by atoms with Crippen molar-refractivity contribution in [3.05, 3.63) is 29.8 Å².